The first-order valence-corrected chi connectivity index (χ1v) is 3.57. The molecule has 0 atom stereocenters. The molecule has 1 aliphatic carbocycles. The van der Waals surface area contributed by atoms with Crippen molar-refractivity contribution in [3.63, 3.8) is 0 Å². The summed E-state index contributed by atoms with van der Waals surface area (Å²) in [6.07, 6.45) is 5.85. The Kier molecular flexibility index (Phi) is 1.40. The molecule has 0 aromatic rings. The van der Waals surface area contributed by atoms with Crippen molar-refractivity contribution >= 4 is 17.6 Å². The third-order valence-corrected chi connectivity index (χ3v) is 1.72. The molecule has 0 saturated heterocycles. The molecule has 0 radical (unpaired) electrons. The zero-order chi connectivity index (χ0) is 8.55. The van der Waals surface area contributed by atoms with Gasteiger partial charge in [-0.1, -0.05) is 12.2 Å². The average molecular weight is 162 g/mol. The Morgan fingerprint density at radius 2 is 2.25 bits per heavy atom. The van der Waals surface area contributed by atoms with Gasteiger partial charge in [-0.15, -0.1) is 0 Å². The minimum absolute atomic E-state index is 0.352. The predicted molar refractivity (Wildman–Crippen MR) is 42.8 cm³/mol. The second-order valence-corrected chi connectivity index (χ2v) is 2.53. The van der Waals surface area contributed by atoms with E-state index in [1.165, 1.54) is 0 Å². The molecular weight excluding hydrogens is 156 g/mol. The number of carbonyl (C=O) groups is 2. The monoisotopic (exact) mass is 162 g/mol. The number of fused-ring (bicyclic) bond motifs is 1. The van der Waals surface area contributed by atoms with Crippen LogP contribution >= 0.6 is 0 Å². The third kappa shape index (κ3) is 0.972. The van der Waals surface area contributed by atoms with Crippen LogP contribution in [-0.4, -0.2) is 17.6 Å². The van der Waals surface area contributed by atoms with Gasteiger partial charge in [-0.2, -0.15) is 4.99 Å². The highest BCUT2D eigenvalue weighted by atomic mass is 16.2. The van der Waals surface area contributed by atoms with Crippen molar-refractivity contribution in [2.24, 2.45) is 4.99 Å². The lowest BCUT2D eigenvalue weighted by atomic mass is 10.0. The third-order valence-electron chi connectivity index (χ3n) is 1.72. The second-order valence-electron chi connectivity index (χ2n) is 2.53. The number of nitrogens with one attached hydrogen (secondary N) is 1. The number of urea groups is 1. The summed E-state index contributed by atoms with van der Waals surface area (Å²) in [4.78, 5) is 25.6. The number of rotatable bonds is 0. The van der Waals surface area contributed by atoms with Gasteiger partial charge in [0.1, 0.15) is 0 Å². The van der Waals surface area contributed by atoms with Crippen LogP contribution in [0.15, 0.2) is 28.8 Å². The maximum absolute atomic E-state index is 11.1. The number of hydrogen-bond acceptors (Lipinski definition) is 2. The number of carbonyl (C=O) groups excluding carboxylic acids is 2. The standard InChI is InChI=1S/C8H6N2O2/c11-7-5-3-1-2-4-6(5)9-8(12)10-7/h1-3H,4H2,(H,10,11,12). The van der Waals surface area contributed by atoms with Crippen molar-refractivity contribution < 1.29 is 9.59 Å². The molecular formula is C8H6N2O2. The summed E-state index contributed by atoms with van der Waals surface area (Å²) >= 11 is 0. The van der Waals surface area contributed by atoms with Crippen LogP contribution in [-0.2, 0) is 4.79 Å². The SMILES string of the molecule is O=C1N=C2CC=CC=C2C(=O)N1. The van der Waals surface area contributed by atoms with Gasteiger partial charge >= 0.3 is 6.03 Å². The maximum atomic E-state index is 11.1. The molecule has 1 aliphatic heterocycles. The smallest absolute Gasteiger partial charge is 0.272 e. The van der Waals surface area contributed by atoms with Crippen molar-refractivity contribution in [3.8, 4) is 0 Å². The Hall–Kier alpha value is -1.71. The summed E-state index contributed by atoms with van der Waals surface area (Å²) in [5.41, 5.74) is 1.06. The quantitative estimate of drug-likeness (QED) is 0.565. The first kappa shape index (κ1) is 6.97. The number of hydrogen-bond donors (Lipinski definition) is 1. The highest BCUT2D eigenvalue weighted by Gasteiger charge is 2.23. The lowest BCUT2D eigenvalue weighted by Crippen LogP contribution is -2.37. The van der Waals surface area contributed by atoms with Gasteiger partial charge in [-0.05, 0) is 6.08 Å². The molecule has 0 spiro atoms. The normalized spacial score (nSPS) is 21.0. The Labute approximate surface area is 68.7 Å². The minimum atomic E-state index is -0.567. The lowest BCUT2D eigenvalue weighted by molar-refractivity contribution is -0.116. The molecule has 0 unspecified atom stereocenters. The summed E-state index contributed by atoms with van der Waals surface area (Å²) in [6, 6.07) is -0.567. The molecule has 2 rings (SSSR count). The summed E-state index contributed by atoms with van der Waals surface area (Å²) in [5.74, 6) is -0.352. The minimum Gasteiger partial charge on any atom is -0.272 e. The number of allylic oxidation sites excluding steroid dienone is 3. The number of nitrogens with zero attached hydrogens (tertiary/aromatic N) is 1. The van der Waals surface area contributed by atoms with Gasteiger partial charge in [0.25, 0.3) is 5.91 Å². The van der Waals surface area contributed by atoms with E-state index in [4.69, 9.17) is 0 Å². The molecule has 4 nitrogen and oxygen atoms in total. The van der Waals surface area contributed by atoms with E-state index < -0.39 is 6.03 Å². The molecule has 4 heteroatoms. The summed E-state index contributed by atoms with van der Waals surface area (Å²) in [7, 11) is 0. The van der Waals surface area contributed by atoms with Crippen LogP contribution < -0.4 is 5.32 Å². The lowest BCUT2D eigenvalue weighted by Gasteiger charge is -2.15. The first-order valence-electron chi connectivity index (χ1n) is 3.57. The largest absolute Gasteiger partial charge is 0.348 e. The highest BCUT2D eigenvalue weighted by molar-refractivity contribution is 6.30. The number of amides is 3. The van der Waals surface area contributed by atoms with E-state index >= 15 is 0 Å². The van der Waals surface area contributed by atoms with Crippen molar-refractivity contribution in [1.82, 2.24) is 5.32 Å². The van der Waals surface area contributed by atoms with Gasteiger partial charge in [0.15, 0.2) is 0 Å². The van der Waals surface area contributed by atoms with Crippen molar-refractivity contribution in [3.05, 3.63) is 23.8 Å². The van der Waals surface area contributed by atoms with Gasteiger partial charge in [0.2, 0.25) is 0 Å². The molecule has 1 N–H and O–H groups in total. The Morgan fingerprint density at radius 1 is 1.42 bits per heavy atom. The van der Waals surface area contributed by atoms with Crippen LogP contribution in [0.3, 0.4) is 0 Å². The first-order chi connectivity index (χ1) is 5.77. The van der Waals surface area contributed by atoms with Gasteiger partial charge in [0, 0.05) is 6.42 Å². The summed E-state index contributed by atoms with van der Waals surface area (Å²) in [5, 5.41) is 2.11. The average Bonchev–Trinajstić information content (AvgIpc) is 2.04. The molecule has 2 aliphatic rings. The molecule has 0 saturated carbocycles. The topological polar surface area (TPSA) is 58.5 Å². The van der Waals surface area contributed by atoms with Gasteiger partial charge < -0.3 is 0 Å². The van der Waals surface area contributed by atoms with Crippen LogP contribution in [0.2, 0.25) is 0 Å². The molecule has 0 fully saturated rings. The zero-order valence-corrected chi connectivity index (χ0v) is 6.20. The van der Waals surface area contributed by atoms with E-state index in [0.717, 1.165) is 0 Å². The molecule has 0 bridgehead atoms. The van der Waals surface area contributed by atoms with Crippen molar-refractivity contribution in [1.29, 1.82) is 0 Å². The van der Waals surface area contributed by atoms with Crippen LogP contribution in [0.4, 0.5) is 4.79 Å². The van der Waals surface area contributed by atoms with E-state index in [0.29, 0.717) is 17.7 Å². The fourth-order valence-corrected chi connectivity index (χ4v) is 1.18. The molecule has 60 valence electrons. The highest BCUT2D eigenvalue weighted by Crippen LogP contribution is 2.13. The molecule has 3 amide bonds. The van der Waals surface area contributed by atoms with Crippen LogP contribution in [0, 0.1) is 0 Å². The summed E-state index contributed by atoms with van der Waals surface area (Å²) in [6.45, 7) is 0. The Balaban J connectivity index is 2.49. The van der Waals surface area contributed by atoms with Crippen molar-refractivity contribution in [2.45, 2.75) is 6.42 Å². The molecule has 12 heavy (non-hydrogen) atoms. The zero-order valence-electron chi connectivity index (χ0n) is 6.20. The molecule has 0 aromatic carbocycles. The maximum Gasteiger partial charge on any atom is 0.348 e. The van der Waals surface area contributed by atoms with E-state index in [2.05, 4.69) is 10.3 Å². The molecule has 1 heterocycles. The summed E-state index contributed by atoms with van der Waals surface area (Å²) < 4.78 is 0. The molecule has 0 aromatic heterocycles. The van der Waals surface area contributed by atoms with Gasteiger partial charge in [-0.25, -0.2) is 4.79 Å². The van der Waals surface area contributed by atoms with Crippen LogP contribution in [0.1, 0.15) is 6.42 Å². The second kappa shape index (κ2) is 2.41. The van der Waals surface area contributed by atoms with E-state index in [-0.39, 0.29) is 5.91 Å². The Bertz CT molecular complexity index is 350. The number of aliphatic imine (C=N–C) groups is 1. The fraction of sp³-hybridized carbons (Fsp3) is 0.125. The van der Waals surface area contributed by atoms with Crippen LogP contribution in [0.25, 0.3) is 0 Å². The van der Waals surface area contributed by atoms with E-state index in [1.54, 1.807) is 12.2 Å². The predicted octanol–water partition coefficient (Wildman–Crippen LogP) is 0.564. The van der Waals surface area contributed by atoms with Gasteiger partial charge in [-0.3, -0.25) is 10.1 Å². The fourth-order valence-electron chi connectivity index (χ4n) is 1.18. The number of imide groups is 1. The van der Waals surface area contributed by atoms with E-state index in [9.17, 15) is 9.59 Å². The van der Waals surface area contributed by atoms with Crippen LogP contribution in [0.5, 0.6) is 0 Å². The van der Waals surface area contributed by atoms with E-state index in [1.807, 2.05) is 6.08 Å². The van der Waals surface area contributed by atoms with Crippen molar-refractivity contribution in [2.75, 3.05) is 0 Å². The van der Waals surface area contributed by atoms with Gasteiger partial charge in [0.05, 0.1) is 11.3 Å². The Morgan fingerprint density at radius 3 is 3.08 bits per heavy atom.